The summed E-state index contributed by atoms with van der Waals surface area (Å²) in [5.74, 6) is 1.55. The summed E-state index contributed by atoms with van der Waals surface area (Å²) in [5, 5.41) is 0. The van der Waals surface area contributed by atoms with Crippen LogP contribution in [0.1, 0.15) is 65.2 Å². The summed E-state index contributed by atoms with van der Waals surface area (Å²) in [6, 6.07) is 0. The Morgan fingerprint density at radius 1 is 1.11 bits per heavy atom. The number of carbonyl (C=O) groups excluding carboxylic acids is 1. The predicted octanol–water partition coefficient (Wildman–Crippen LogP) is 4.73. The fourth-order valence-corrected chi connectivity index (χ4v) is 8.12. The van der Waals surface area contributed by atoms with Gasteiger partial charge in [-0.2, -0.15) is 0 Å². The van der Waals surface area contributed by atoms with Crippen LogP contribution in [0.3, 0.4) is 0 Å². The van der Waals surface area contributed by atoms with E-state index in [1.54, 1.807) is 14.2 Å². The number of carbonyl (C=O) groups is 1. The van der Waals surface area contributed by atoms with Crippen molar-refractivity contribution in [2.75, 3.05) is 21.0 Å². The van der Waals surface area contributed by atoms with Crippen molar-refractivity contribution in [2.45, 2.75) is 71.3 Å². The summed E-state index contributed by atoms with van der Waals surface area (Å²) >= 11 is 0. The van der Waals surface area contributed by atoms with Crippen molar-refractivity contribution in [3.63, 3.8) is 0 Å². The van der Waals surface area contributed by atoms with E-state index in [9.17, 15) is 4.79 Å². The van der Waals surface area contributed by atoms with Crippen molar-refractivity contribution in [2.24, 2.45) is 34.0 Å². The van der Waals surface area contributed by atoms with Gasteiger partial charge in [0.05, 0.1) is 18.6 Å². The number of rotatable bonds is 4. The SMILES string of the molecule is C=C1[C@H]2CC[C@@]3(CC[C@H]4[C@@](C)(CCC[C@@]4(C)C(=O)OC)[C@@H]3C2)[C@@H]1OCOC. The molecule has 0 N–H and O–H groups in total. The molecule has 0 aliphatic heterocycles. The first-order valence-corrected chi connectivity index (χ1v) is 10.7. The molecule has 1 spiro atoms. The molecule has 5 saturated carbocycles. The van der Waals surface area contributed by atoms with E-state index >= 15 is 0 Å². The Morgan fingerprint density at radius 3 is 2.56 bits per heavy atom. The van der Waals surface area contributed by atoms with Crippen molar-refractivity contribution < 1.29 is 19.0 Å². The molecule has 4 heteroatoms. The molecule has 0 unspecified atom stereocenters. The van der Waals surface area contributed by atoms with Crippen molar-refractivity contribution in [3.8, 4) is 0 Å². The molecule has 152 valence electrons. The first kappa shape index (κ1) is 19.4. The van der Waals surface area contributed by atoms with Gasteiger partial charge in [-0.15, -0.1) is 0 Å². The Hall–Kier alpha value is -0.870. The highest BCUT2D eigenvalue weighted by atomic mass is 16.7. The standard InChI is InChI=1S/C23H36O4/c1-15-16-7-11-23(19(15)27-14-25-4)12-8-17-21(2,18(23)13-16)9-6-10-22(17,3)20(24)26-5/h16-19H,1,6-14H2,2-5H3/t16-,17-,18-,19+,21+,22+,23-/m0/s1. The molecule has 4 nitrogen and oxygen atoms in total. The minimum absolute atomic E-state index is 0.00747. The molecule has 0 amide bonds. The smallest absolute Gasteiger partial charge is 0.311 e. The van der Waals surface area contributed by atoms with Gasteiger partial charge in [-0.05, 0) is 80.6 Å². The second-order valence-electron chi connectivity index (χ2n) is 10.1. The summed E-state index contributed by atoms with van der Waals surface area (Å²) in [7, 11) is 3.24. The molecule has 0 aromatic rings. The number of hydrogen-bond acceptors (Lipinski definition) is 4. The van der Waals surface area contributed by atoms with Gasteiger partial charge in [-0.1, -0.05) is 19.9 Å². The van der Waals surface area contributed by atoms with Gasteiger partial charge in [-0.3, -0.25) is 4.79 Å². The second-order valence-corrected chi connectivity index (χ2v) is 10.1. The highest BCUT2D eigenvalue weighted by molar-refractivity contribution is 5.77. The Kier molecular flexibility index (Phi) is 4.74. The molecule has 0 aromatic carbocycles. The highest BCUT2D eigenvalue weighted by Gasteiger charge is 2.68. The summed E-state index contributed by atoms with van der Waals surface area (Å²) in [5.41, 5.74) is 1.29. The van der Waals surface area contributed by atoms with Crippen LogP contribution in [0.25, 0.3) is 0 Å². The van der Waals surface area contributed by atoms with Crippen LogP contribution >= 0.6 is 0 Å². The summed E-state index contributed by atoms with van der Waals surface area (Å²) in [4.78, 5) is 12.8. The molecule has 5 rings (SSSR count). The molecule has 27 heavy (non-hydrogen) atoms. The summed E-state index contributed by atoms with van der Waals surface area (Å²) in [6.45, 7) is 9.43. The average Bonchev–Trinajstić information content (AvgIpc) is 2.66. The van der Waals surface area contributed by atoms with Gasteiger partial charge in [0.15, 0.2) is 0 Å². The number of ether oxygens (including phenoxy) is 3. The topological polar surface area (TPSA) is 44.8 Å². The van der Waals surface area contributed by atoms with Crippen LogP contribution in [0.15, 0.2) is 12.2 Å². The lowest BCUT2D eigenvalue weighted by molar-refractivity contribution is -0.231. The van der Waals surface area contributed by atoms with Crippen LogP contribution in [0.5, 0.6) is 0 Å². The van der Waals surface area contributed by atoms with Crippen LogP contribution in [0.4, 0.5) is 0 Å². The van der Waals surface area contributed by atoms with Gasteiger partial charge in [-0.25, -0.2) is 0 Å². The number of esters is 1. The first-order chi connectivity index (χ1) is 12.8. The van der Waals surface area contributed by atoms with Gasteiger partial charge >= 0.3 is 5.97 Å². The maximum absolute atomic E-state index is 12.8. The molecule has 5 fully saturated rings. The molecule has 5 aliphatic rings. The zero-order valence-electron chi connectivity index (χ0n) is 17.5. The van der Waals surface area contributed by atoms with Gasteiger partial charge < -0.3 is 14.2 Å². The zero-order chi connectivity index (χ0) is 19.4. The van der Waals surface area contributed by atoms with Gasteiger partial charge in [0.2, 0.25) is 0 Å². The van der Waals surface area contributed by atoms with E-state index in [4.69, 9.17) is 14.2 Å². The molecule has 0 saturated heterocycles. The van der Waals surface area contributed by atoms with Crippen molar-refractivity contribution in [3.05, 3.63) is 12.2 Å². The maximum Gasteiger partial charge on any atom is 0.311 e. The molecular formula is C23H36O4. The largest absolute Gasteiger partial charge is 0.469 e. The maximum atomic E-state index is 12.8. The van der Waals surface area contributed by atoms with Crippen LogP contribution in [0, 0.1) is 34.0 Å². The first-order valence-electron chi connectivity index (χ1n) is 10.7. The van der Waals surface area contributed by atoms with E-state index in [0.717, 1.165) is 25.7 Å². The second kappa shape index (κ2) is 6.59. The third-order valence-corrected chi connectivity index (χ3v) is 9.23. The van der Waals surface area contributed by atoms with Gasteiger partial charge in [0.1, 0.15) is 6.79 Å². The van der Waals surface area contributed by atoms with Crippen molar-refractivity contribution in [1.82, 2.24) is 0 Å². The van der Waals surface area contributed by atoms with E-state index in [1.807, 2.05) is 0 Å². The Morgan fingerprint density at radius 2 is 1.85 bits per heavy atom. The van der Waals surface area contributed by atoms with Crippen LogP contribution in [-0.4, -0.2) is 33.1 Å². The fraction of sp³-hybridized carbons (Fsp3) is 0.870. The quantitative estimate of drug-likeness (QED) is 0.404. The minimum atomic E-state index is -0.347. The number of hydrogen-bond donors (Lipinski definition) is 0. The van der Waals surface area contributed by atoms with Crippen molar-refractivity contribution >= 4 is 5.97 Å². The van der Waals surface area contributed by atoms with E-state index < -0.39 is 0 Å². The minimum Gasteiger partial charge on any atom is -0.469 e. The monoisotopic (exact) mass is 376 g/mol. The highest BCUT2D eigenvalue weighted by Crippen LogP contribution is 2.72. The average molecular weight is 377 g/mol. The Labute approximate surface area is 164 Å². The number of fused-ring (bicyclic) bond motifs is 3. The van der Waals surface area contributed by atoms with Crippen molar-refractivity contribution in [1.29, 1.82) is 0 Å². The lowest BCUT2D eigenvalue weighted by atomic mass is 9.36. The summed E-state index contributed by atoms with van der Waals surface area (Å²) in [6.07, 6.45) is 9.31. The molecule has 2 bridgehead atoms. The van der Waals surface area contributed by atoms with E-state index in [1.165, 1.54) is 31.3 Å². The molecule has 0 radical (unpaired) electrons. The van der Waals surface area contributed by atoms with Crippen LogP contribution in [-0.2, 0) is 19.0 Å². The number of methoxy groups -OCH3 is 2. The molecule has 0 heterocycles. The summed E-state index contributed by atoms with van der Waals surface area (Å²) < 4.78 is 16.8. The van der Waals surface area contributed by atoms with E-state index in [-0.39, 0.29) is 28.3 Å². The van der Waals surface area contributed by atoms with E-state index in [0.29, 0.717) is 24.5 Å². The fourth-order valence-electron chi connectivity index (χ4n) is 8.12. The lowest BCUT2D eigenvalue weighted by Gasteiger charge is -2.69. The third-order valence-electron chi connectivity index (χ3n) is 9.23. The Balaban J connectivity index is 1.72. The molecular weight excluding hydrogens is 340 g/mol. The normalized spacial score (nSPS) is 48.7. The van der Waals surface area contributed by atoms with E-state index in [2.05, 4.69) is 20.4 Å². The molecule has 5 aliphatic carbocycles. The van der Waals surface area contributed by atoms with Gasteiger partial charge in [0, 0.05) is 12.5 Å². The van der Waals surface area contributed by atoms with Crippen LogP contribution < -0.4 is 0 Å². The van der Waals surface area contributed by atoms with Crippen LogP contribution in [0.2, 0.25) is 0 Å². The van der Waals surface area contributed by atoms with Gasteiger partial charge in [0.25, 0.3) is 0 Å². The molecule has 7 atom stereocenters. The zero-order valence-corrected chi connectivity index (χ0v) is 17.5. The predicted molar refractivity (Wildman–Crippen MR) is 104 cm³/mol. The Bertz CT molecular complexity index is 630. The third kappa shape index (κ3) is 2.51. The lowest BCUT2D eigenvalue weighted by Crippen LogP contribution is -2.65. The molecule has 0 aromatic heterocycles.